The summed E-state index contributed by atoms with van der Waals surface area (Å²) in [6.45, 7) is 7.20. The third-order valence-electron chi connectivity index (χ3n) is 4.81. The number of amides is 3. The van der Waals surface area contributed by atoms with Gasteiger partial charge in [0.1, 0.15) is 18.1 Å². The number of carbonyl (C=O) groups is 5. The summed E-state index contributed by atoms with van der Waals surface area (Å²) >= 11 is 1.49. The highest BCUT2D eigenvalue weighted by Crippen LogP contribution is 2.09. The van der Waals surface area contributed by atoms with Crippen molar-refractivity contribution in [2.75, 3.05) is 12.0 Å². The van der Waals surface area contributed by atoms with Crippen LogP contribution in [0.3, 0.4) is 0 Å². The first-order valence-corrected chi connectivity index (χ1v) is 12.3. The van der Waals surface area contributed by atoms with Crippen LogP contribution in [0.4, 0.5) is 0 Å². The molecule has 33 heavy (non-hydrogen) atoms. The van der Waals surface area contributed by atoms with Gasteiger partial charge in [0.25, 0.3) is 0 Å². The molecule has 0 bridgehead atoms. The van der Waals surface area contributed by atoms with Crippen LogP contribution in [0, 0.1) is 11.8 Å². The number of hydrogen-bond acceptors (Lipinski definition) is 7. The Labute approximate surface area is 199 Å². The monoisotopic (exact) mass is 490 g/mol. The van der Waals surface area contributed by atoms with Crippen molar-refractivity contribution in [2.45, 2.75) is 77.5 Å². The molecule has 190 valence electrons. The van der Waals surface area contributed by atoms with Gasteiger partial charge in [0.2, 0.25) is 17.7 Å². The van der Waals surface area contributed by atoms with E-state index in [9.17, 15) is 29.1 Å². The van der Waals surface area contributed by atoms with Crippen molar-refractivity contribution in [1.82, 2.24) is 16.0 Å². The molecule has 0 saturated heterocycles. The first kappa shape index (κ1) is 30.7. The highest BCUT2D eigenvalue weighted by atomic mass is 32.2. The van der Waals surface area contributed by atoms with E-state index in [1.165, 1.54) is 11.8 Å². The summed E-state index contributed by atoms with van der Waals surface area (Å²) in [7, 11) is 0. The summed E-state index contributed by atoms with van der Waals surface area (Å²) in [5.41, 5.74) is 5.92. The number of carbonyl (C=O) groups excluding carboxylic acids is 3. The molecule has 0 heterocycles. The zero-order chi connectivity index (χ0) is 25.7. The highest BCUT2D eigenvalue weighted by molar-refractivity contribution is 7.98. The molecule has 0 aromatic rings. The van der Waals surface area contributed by atoms with Gasteiger partial charge in [0, 0.05) is 6.42 Å². The van der Waals surface area contributed by atoms with Crippen LogP contribution >= 0.6 is 11.8 Å². The van der Waals surface area contributed by atoms with Crippen LogP contribution in [0.15, 0.2) is 0 Å². The van der Waals surface area contributed by atoms with E-state index in [0.29, 0.717) is 18.6 Å². The normalized spacial score (nSPS) is 14.8. The Hall–Kier alpha value is -2.34. The van der Waals surface area contributed by atoms with Gasteiger partial charge < -0.3 is 31.9 Å². The van der Waals surface area contributed by atoms with Crippen molar-refractivity contribution in [2.24, 2.45) is 17.6 Å². The number of carboxylic acid groups (broad SMARTS) is 2. The molecule has 0 rings (SSSR count). The van der Waals surface area contributed by atoms with Crippen molar-refractivity contribution in [3.8, 4) is 0 Å². The summed E-state index contributed by atoms with van der Waals surface area (Å²) in [6.07, 6.45) is 1.89. The van der Waals surface area contributed by atoms with Crippen LogP contribution in [0.25, 0.3) is 0 Å². The Morgan fingerprint density at radius 2 is 1.42 bits per heavy atom. The van der Waals surface area contributed by atoms with Gasteiger partial charge in [-0.2, -0.15) is 11.8 Å². The first-order chi connectivity index (χ1) is 15.3. The van der Waals surface area contributed by atoms with E-state index < -0.39 is 66.2 Å². The Kier molecular flexibility index (Phi) is 14.4. The average molecular weight is 491 g/mol. The van der Waals surface area contributed by atoms with E-state index in [1.807, 2.05) is 20.1 Å². The molecule has 7 N–H and O–H groups in total. The van der Waals surface area contributed by atoms with Crippen LogP contribution in [-0.2, 0) is 24.0 Å². The van der Waals surface area contributed by atoms with Gasteiger partial charge >= 0.3 is 11.9 Å². The Balaban J connectivity index is 5.37. The summed E-state index contributed by atoms with van der Waals surface area (Å²) in [4.78, 5) is 60.2. The number of aliphatic carboxylic acids is 2. The van der Waals surface area contributed by atoms with E-state index in [2.05, 4.69) is 16.0 Å². The molecule has 0 aliphatic heterocycles. The fraction of sp³-hybridized carbons (Fsp3) is 0.762. The first-order valence-electron chi connectivity index (χ1n) is 10.9. The Bertz CT molecular complexity index is 688. The fourth-order valence-corrected chi connectivity index (χ4v) is 3.45. The molecule has 0 aromatic heterocycles. The van der Waals surface area contributed by atoms with Gasteiger partial charge in [0.15, 0.2) is 0 Å². The number of carboxylic acids is 2. The molecule has 0 radical (unpaired) electrons. The molecule has 0 saturated carbocycles. The maximum atomic E-state index is 12.9. The lowest BCUT2D eigenvalue weighted by Crippen LogP contribution is -2.58. The smallest absolute Gasteiger partial charge is 0.326 e. The molecule has 0 aromatic carbocycles. The predicted molar refractivity (Wildman–Crippen MR) is 126 cm³/mol. The van der Waals surface area contributed by atoms with Crippen LogP contribution in [-0.4, -0.2) is 76.0 Å². The molecule has 12 heteroatoms. The van der Waals surface area contributed by atoms with Gasteiger partial charge in [-0.1, -0.05) is 27.7 Å². The zero-order valence-corrected chi connectivity index (χ0v) is 20.7. The van der Waals surface area contributed by atoms with Crippen LogP contribution in [0.2, 0.25) is 0 Å². The lowest BCUT2D eigenvalue weighted by molar-refractivity contribution is -0.143. The summed E-state index contributed by atoms with van der Waals surface area (Å²) < 4.78 is 0. The quantitative estimate of drug-likeness (QED) is 0.175. The van der Waals surface area contributed by atoms with E-state index >= 15 is 0 Å². The standard InChI is InChI=1S/C21H38N4O7S/c1-11(2)10-13(22)18(28)23-14(8-9-33-5)19(29)25-17(12(3)4)20(30)24-15(21(31)32)6-7-16(26)27/h11-15,17H,6-10,22H2,1-5H3,(H,23,28)(H,24,30)(H,25,29)(H,26,27)(H,31,32). The maximum absolute atomic E-state index is 12.9. The van der Waals surface area contributed by atoms with Gasteiger partial charge in [-0.15, -0.1) is 0 Å². The SMILES string of the molecule is CSCCC(NC(=O)C(N)CC(C)C)C(=O)NC(C(=O)NC(CCC(=O)O)C(=O)O)C(C)C. The average Bonchev–Trinajstić information content (AvgIpc) is 2.70. The highest BCUT2D eigenvalue weighted by Gasteiger charge is 2.32. The van der Waals surface area contributed by atoms with E-state index in [-0.39, 0.29) is 12.3 Å². The van der Waals surface area contributed by atoms with E-state index in [1.54, 1.807) is 13.8 Å². The molecule has 3 amide bonds. The molecular weight excluding hydrogens is 452 g/mol. The van der Waals surface area contributed by atoms with Gasteiger partial charge in [0.05, 0.1) is 6.04 Å². The fourth-order valence-electron chi connectivity index (χ4n) is 2.97. The molecule has 0 fully saturated rings. The number of nitrogens with two attached hydrogens (primary N) is 1. The topological polar surface area (TPSA) is 188 Å². The van der Waals surface area contributed by atoms with Gasteiger partial charge in [-0.05, 0) is 43.1 Å². The van der Waals surface area contributed by atoms with Crippen LogP contribution < -0.4 is 21.7 Å². The second-order valence-electron chi connectivity index (χ2n) is 8.64. The van der Waals surface area contributed by atoms with Crippen LogP contribution in [0.5, 0.6) is 0 Å². The van der Waals surface area contributed by atoms with Crippen molar-refractivity contribution < 1.29 is 34.2 Å². The lowest BCUT2D eigenvalue weighted by atomic mass is 10.0. The molecule has 4 atom stereocenters. The number of thioether (sulfide) groups is 1. The molecule has 0 spiro atoms. The molecule has 0 aliphatic carbocycles. The molecule has 11 nitrogen and oxygen atoms in total. The third-order valence-corrected chi connectivity index (χ3v) is 5.46. The minimum absolute atomic E-state index is 0.196. The number of nitrogens with one attached hydrogen (secondary N) is 3. The summed E-state index contributed by atoms with van der Waals surface area (Å²) in [5, 5.41) is 25.6. The largest absolute Gasteiger partial charge is 0.481 e. The van der Waals surface area contributed by atoms with Crippen molar-refractivity contribution in [1.29, 1.82) is 0 Å². The summed E-state index contributed by atoms with van der Waals surface area (Å²) in [5.74, 6) is -3.98. The molecule has 0 aliphatic rings. The zero-order valence-electron chi connectivity index (χ0n) is 19.9. The molecule has 4 unspecified atom stereocenters. The molecular formula is C21H38N4O7S. The second kappa shape index (κ2) is 15.5. The van der Waals surface area contributed by atoms with Crippen molar-refractivity contribution >= 4 is 41.4 Å². The summed E-state index contributed by atoms with van der Waals surface area (Å²) in [6, 6.07) is -4.18. The predicted octanol–water partition coefficient (Wildman–Crippen LogP) is 0.173. The van der Waals surface area contributed by atoms with Gasteiger partial charge in [-0.25, -0.2) is 4.79 Å². The van der Waals surface area contributed by atoms with E-state index in [0.717, 1.165) is 0 Å². The van der Waals surface area contributed by atoms with E-state index in [4.69, 9.17) is 10.8 Å². The van der Waals surface area contributed by atoms with Crippen molar-refractivity contribution in [3.05, 3.63) is 0 Å². The van der Waals surface area contributed by atoms with Gasteiger partial charge in [-0.3, -0.25) is 19.2 Å². The Morgan fingerprint density at radius 1 is 0.848 bits per heavy atom. The number of rotatable bonds is 16. The van der Waals surface area contributed by atoms with Crippen molar-refractivity contribution in [3.63, 3.8) is 0 Å². The Morgan fingerprint density at radius 3 is 1.88 bits per heavy atom. The minimum atomic E-state index is -1.41. The van der Waals surface area contributed by atoms with Crippen LogP contribution in [0.1, 0.15) is 53.4 Å². The second-order valence-corrected chi connectivity index (χ2v) is 9.63. The minimum Gasteiger partial charge on any atom is -0.481 e. The third kappa shape index (κ3) is 12.5. The number of hydrogen-bond donors (Lipinski definition) is 6. The lowest BCUT2D eigenvalue weighted by Gasteiger charge is -2.27. The maximum Gasteiger partial charge on any atom is 0.326 e.